The van der Waals surface area contributed by atoms with E-state index in [0.717, 1.165) is 5.39 Å². The average molecular weight is 296 g/mol. The Bertz CT molecular complexity index is 621. The van der Waals surface area contributed by atoms with Gasteiger partial charge in [0.25, 0.3) is 5.91 Å². The Morgan fingerprint density at radius 1 is 1.50 bits per heavy atom. The summed E-state index contributed by atoms with van der Waals surface area (Å²) < 4.78 is 10.6. The van der Waals surface area contributed by atoms with Crippen LogP contribution in [0, 0.1) is 0 Å². The van der Waals surface area contributed by atoms with Crippen molar-refractivity contribution in [3.05, 3.63) is 35.5 Å². The van der Waals surface area contributed by atoms with Crippen molar-refractivity contribution in [1.29, 1.82) is 0 Å². The van der Waals surface area contributed by atoms with Crippen molar-refractivity contribution in [3.8, 4) is 5.75 Å². The van der Waals surface area contributed by atoms with Gasteiger partial charge in [-0.1, -0.05) is 11.6 Å². The van der Waals surface area contributed by atoms with Crippen LogP contribution < -0.4 is 16.0 Å². The van der Waals surface area contributed by atoms with Gasteiger partial charge in [0.1, 0.15) is 11.3 Å². The van der Waals surface area contributed by atoms with Crippen molar-refractivity contribution in [2.75, 3.05) is 13.7 Å². The third-order valence-electron chi connectivity index (χ3n) is 2.70. The predicted octanol–water partition coefficient (Wildman–Crippen LogP) is 1.27. The summed E-state index contributed by atoms with van der Waals surface area (Å²) in [6.07, 6.45) is 0.760. The number of fused-ring (bicyclic) bond motifs is 1. The fraction of sp³-hybridized carbons (Fsp3) is 0.231. The van der Waals surface area contributed by atoms with Crippen molar-refractivity contribution in [2.45, 2.75) is 6.10 Å². The molecule has 1 unspecified atom stereocenters. The van der Waals surface area contributed by atoms with E-state index >= 15 is 0 Å². The zero-order valence-electron chi connectivity index (χ0n) is 10.8. The lowest BCUT2D eigenvalue weighted by molar-refractivity contribution is -0.130. The largest absolute Gasteiger partial charge is 0.476 e. The average Bonchev–Trinajstić information content (AvgIpc) is 2.49. The minimum Gasteiger partial charge on any atom is -0.476 e. The highest BCUT2D eigenvalue weighted by Gasteiger charge is 2.21. The number of methoxy groups -OCH3 is 1. The number of rotatable bonds is 5. The Morgan fingerprint density at radius 3 is 3.00 bits per heavy atom. The zero-order chi connectivity index (χ0) is 14.5. The first kappa shape index (κ1) is 14.5. The Kier molecular flexibility index (Phi) is 4.73. The number of amides is 1. The molecule has 106 valence electrons. The summed E-state index contributed by atoms with van der Waals surface area (Å²) in [5.41, 5.74) is 2.61. The first-order valence-electron chi connectivity index (χ1n) is 5.86. The molecule has 0 bridgehead atoms. The number of carbonyl (C=O) groups excluding carboxylic acids is 1. The van der Waals surface area contributed by atoms with E-state index in [2.05, 4.69) is 4.98 Å². The van der Waals surface area contributed by atoms with Crippen LogP contribution in [0.15, 0.2) is 30.5 Å². The molecule has 1 aromatic heterocycles. The Balaban J connectivity index is 2.37. The summed E-state index contributed by atoms with van der Waals surface area (Å²) in [5, 5.41) is 1.31. The second kappa shape index (κ2) is 6.51. The van der Waals surface area contributed by atoms with Gasteiger partial charge in [-0.15, -0.1) is 0 Å². The van der Waals surface area contributed by atoms with Gasteiger partial charge in [-0.3, -0.25) is 15.2 Å². The van der Waals surface area contributed by atoms with Crippen LogP contribution in [0.3, 0.4) is 0 Å². The number of hydrazine groups is 1. The van der Waals surface area contributed by atoms with E-state index in [1.165, 1.54) is 7.11 Å². The number of carbonyl (C=O) groups is 1. The van der Waals surface area contributed by atoms with Crippen molar-refractivity contribution in [3.63, 3.8) is 0 Å². The zero-order valence-corrected chi connectivity index (χ0v) is 11.6. The van der Waals surface area contributed by atoms with E-state index in [-0.39, 0.29) is 6.61 Å². The number of halogens is 1. The molecule has 1 amide bonds. The molecule has 0 saturated heterocycles. The molecule has 0 aliphatic carbocycles. The van der Waals surface area contributed by atoms with Gasteiger partial charge in [0.15, 0.2) is 0 Å². The van der Waals surface area contributed by atoms with E-state index in [9.17, 15) is 4.79 Å². The van der Waals surface area contributed by atoms with Crippen molar-refractivity contribution in [1.82, 2.24) is 10.4 Å². The van der Waals surface area contributed by atoms with Crippen molar-refractivity contribution < 1.29 is 14.3 Å². The summed E-state index contributed by atoms with van der Waals surface area (Å²) >= 11 is 6.10. The maximum Gasteiger partial charge on any atom is 0.277 e. The maximum absolute atomic E-state index is 11.6. The van der Waals surface area contributed by atoms with Gasteiger partial charge < -0.3 is 9.47 Å². The molecule has 2 aromatic rings. The number of ether oxygens (including phenoxy) is 2. The number of hydrogen-bond acceptors (Lipinski definition) is 5. The summed E-state index contributed by atoms with van der Waals surface area (Å²) in [4.78, 5) is 15.8. The molecular weight excluding hydrogens is 282 g/mol. The van der Waals surface area contributed by atoms with Gasteiger partial charge in [0.2, 0.25) is 6.10 Å². The Morgan fingerprint density at radius 2 is 2.30 bits per heavy atom. The van der Waals surface area contributed by atoms with Crippen molar-refractivity contribution >= 4 is 28.4 Å². The van der Waals surface area contributed by atoms with Crippen LogP contribution in [0.2, 0.25) is 5.02 Å². The summed E-state index contributed by atoms with van der Waals surface area (Å²) in [5.74, 6) is 5.08. The minimum absolute atomic E-state index is 0.0694. The summed E-state index contributed by atoms with van der Waals surface area (Å²) in [6.45, 7) is 0.0694. The van der Waals surface area contributed by atoms with E-state index in [4.69, 9.17) is 26.9 Å². The lowest BCUT2D eigenvalue weighted by atomic mass is 10.2. The van der Waals surface area contributed by atoms with Crippen LogP contribution in [0.4, 0.5) is 0 Å². The number of nitrogens with one attached hydrogen (secondary N) is 1. The van der Waals surface area contributed by atoms with Crippen LogP contribution in [0.5, 0.6) is 5.75 Å². The monoisotopic (exact) mass is 295 g/mol. The lowest BCUT2D eigenvalue weighted by Gasteiger charge is -2.17. The minimum atomic E-state index is -0.864. The third-order valence-corrected chi connectivity index (χ3v) is 3.03. The fourth-order valence-corrected chi connectivity index (χ4v) is 1.98. The number of nitrogens with zero attached hydrogens (tertiary/aromatic N) is 1. The van der Waals surface area contributed by atoms with E-state index < -0.39 is 12.0 Å². The highest BCUT2D eigenvalue weighted by molar-refractivity contribution is 6.35. The Labute approximate surface area is 120 Å². The van der Waals surface area contributed by atoms with Gasteiger partial charge in [-0.05, 0) is 24.3 Å². The van der Waals surface area contributed by atoms with Gasteiger partial charge in [-0.25, -0.2) is 5.84 Å². The predicted molar refractivity (Wildman–Crippen MR) is 75.4 cm³/mol. The lowest BCUT2D eigenvalue weighted by Crippen LogP contribution is -2.44. The molecule has 6 nitrogen and oxygen atoms in total. The molecule has 20 heavy (non-hydrogen) atoms. The van der Waals surface area contributed by atoms with Crippen molar-refractivity contribution in [2.24, 2.45) is 5.84 Å². The highest BCUT2D eigenvalue weighted by atomic mass is 35.5. The van der Waals surface area contributed by atoms with Crippen LogP contribution in [-0.4, -0.2) is 30.7 Å². The molecule has 0 radical (unpaired) electrons. The topological polar surface area (TPSA) is 86.5 Å². The second-order valence-electron chi connectivity index (χ2n) is 4.02. The molecular formula is C13H14ClN3O3. The number of aromatic nitrogens is 1. The molecule has 0 saturated carbocycles. The third kappa shape index (κ3) is 2.98. The summed E-state index contributed by atoms with van der Waals surface area (Å²) in [7, 11) is 1.47. The molecule has 3 N–H and O–H groups in total. The summed E-state index contributed by atoms with van der Waals surface area (Å²) in [6, 6.07) is 6.94. The molecule has 0 spiro atoms. The molecule has 7 heteroatoms. The second-order valence-corrected chi connectivity index (χ2v) is 4.42. The highest BCUT2D eigenvalue weighted by Crippen LogP contribution is 2.30. The molecule has 0 fully saturated rings. The van der Waals surface area contributed by atoms with Crippen LogP contribution >= 0.6 is 11.6 Å². The molecule has 0 aliphatic rings. The first-order chi connectivity index (χ1) is 9.67. The number of nitrogens with two attached hydrogens (primary N) is 1. The first-order valence-corrected chi connectivity index (χ1v) is 6.24. The van der Waals surface area contributed by atoms with E-state index in [1.54, 1.807) is 24.4 Å². The van der Waals surface area contributed by atoms with Gasteiger partial charge in [0, 0.05) is 18.7 Å². The molecule has 2 rings (SSSR count). The number of benzene rings is 1. The van der Waals surface area contributed by atoms with Gasteiger partial charge in [-0.2, -0.15) is 0 Å². The van der Waals surface area contributed by atoms with Crippen LogP contribution in [0.25, 0.3) is 10.9 Å². The standard InChI is InChI=1S/C13H14ClN3O3/c1-19-7-11(13(18)17-15)20-10-5-4-9(14)8-3-2-6-16-12(8)10/h2-6,11H,7,15H2,1H3,(H,17,18). The van der Waals surface area contributed by atoms with E-state index in [1.807, 2.05) is 11.5 Å². The van der Waals surface area contributed by atoms with Gasteiger partial charge >= 0.3 is 0 Å². The Hall–Kier alpha value is -1.89. The quantitative estimate of drug-likeness (QED) is 0.493. The molecule has 0 aliphatic heterocycles. The fourth-order valence-electron chi connectivity index (χ4n) is 1.77. The number of pyridine rings is 1. The molecule has 1 atom stereocenters. The van der Waals surface area contributed by atoms with Gasteiger partial charge in [0.05, 0.1) is 11.6 Å². The maximum atomic E-state index is 11.6. The van der Waals surface area contributed by atoms with E-state index in [0.29, 0.717) is 16.3 Å². The van der Waals surface area contributed by atoms with Crippen LogP contribution in [-0.2, 0) is 9.53 Å². The molecule has 1 heterocycles. The molecule has 1 aromatic carbocycles. The normalized spacial score (nSPS) is 12.2. The smallest absolute Gasteiger partial charge is 0.277 e. The number of hydrogen-bond donors (Lipinski definition) is 2. The SMILES string of the molecule is COCC(Oc1ccc(Cl)c2cccnc12)C(=O)NN. The van der Waals surface area contributed by atoms with Crippen LogP contribution in [0.1, 0.15) is 0 Å².